The van der Waals surface area contributed by atoms with Gasteiger partial charge in [-0.15, -0.1) is 0 Å². The van der Waals surface area contributed by atoms with Gasteiger partial charge in [-0.3, -0.25) is 4.79 Å². The summed E-state index contributed by atoms with van der Waals surface area (Å²) in [4.78, 5) is 17.1. The van der Waals surface area contributed by atoms with Crippen LogP contribution in [0.5, 0.6) is 0 Å². The first-order valence-corrected chi connectivity index (χ1v) is 8.10. The minimum Gasteiger partial charge on any atom is -0.300 e. The lowest BCUT2D eigenvalue weighted by Gasteiger charge is -1.96. The van der Waals surface area contributed by atoms with Crippen LogP contribution in [-0.4, -0.2) is 11.1 Å². The number of allylic oxidation sites excluding steroid dienone is 2. The second-order valence-electron chi connectivity index (χ2n) is 5.12. The lowest BCUT2D eigenvalue weighted by Crippen LogP contribution is -2.19. The highest BCUT2D eigenvalue weighted by atomic mass is 32.2. The van der Waals surface area contributed by atoms with E-state index in [0.717, 1.165) is 16.8 Å². The van der Waals surface area contributed by atoms with Crippen molar-refractivity contribution in [3.8, 4) is 0 Å². The van der Waals surface area contributed by atoms with Crippen molar-refractivity contribution in [3.05, 3.63) is 82.8 Å². The van der Waals surface area contributed by atoms with Crippen LogP contribution in [0.1, 0.15) is 12.5 Å². The van der Waals surface area contributed by atoms with Crippen LogP contribution in [0.4, 0.5) is 5.69 Å². The maximum Gasteiger partial charge on any atom is 0.264 e. The first kappa shape index (κ1) is 15.3. The Bertz CT molecular complexity index is 793. The van der Waals surface area contributed by atoms with E-state index >= 15 is 0 Å². The Labute approximate surface area is 139 Å². The van der Waals surface area contributed by atoms with E-state index in [1.807, 2.05) is 79.7 Å². The summed E-state index contributed by atoms with van der Waals surface area (Å²) in [5.74, 6) is -0.106. The van der Waals surface area contributed by atoms with E-state index in [1.54, 1.807) is 0 Å². The molecule has 1 fully saturated rings. The maximum absolute atomic E-state index is 12.1. The van der Waals surface area contributed by atoms with Gasteiger partial charge in [0.15, 0.2) is 5.17 Å². The zero-order valence-corrected chi connectivity index (χ0v) is 13.5. The molecule has 3 rings (SSSR count). The van der Waals surface area contributed by atoms with Crippen molar-refractivity contribution < 1.29 is 4.79 Å². The van der Waals surface area contributed by atoms with Crippen LogP contribution in [0, 0.1) is 0 Å². The Morgan fingerprint density at radius 3 is 2.39 bits per heavy atom. The number of nitrogens with one attached hydrogen (secondary N) is 1. The minimum atomic E-state index is -0.106. The van der Waals surface area contributed by atoms with Gasteiger partial charge in [-0.25, -0.2) is 4.99 Å². The highest BCUT2D eigenvalue weighted by molar-refractivity contribution is 8.18. The van der Waals surface area contributed by atoms with Crippen molar-refractivity contribution in [1.29, 1.82) is 0 Å². The molecule has 0 radical (unpaired) electrons. The van der Waals surface area contributed by atoms with Crippen molar-refractivity contribution in [2.24, 2.45) is 4.99 Å². The molecule has 0 atom stereocenters. The molecule has 4 heteroatoms. The average Bonchev–Trinajstić information content (AvgIpc) is 2.88. The van der Waals surface area contributed by atoms with Crippen LogP contribution in [0.15, 0.2) is 82.2 Å². The normalized spacial score (nSPS) is 18.5. The van der Waals surface area contributed by atoms with Crippen molar-refractivity contribution in [2.75, 3.05) is 0 Å². The molecule has 0 bridgehead atoms. The third kappa shape index (κ3) is 4.20. The molecule has 114 valence electrons. The monoisotopic (exact) mass is 320 g/mol. The Balaban J connectivity index is 1.77. The van der Waals surface area contributed by atoms with E-state index in [4.69, 9.17) is 0 Å². The average molecular weight is 320 g/mol. The third-order valence-electron chi connectivity index (χ3n) is 3.19. The van der Waals surface area contributed by atoms with Gasteiger partial charge in [0.25, 0.3) is 5.91 Å². The first-order valence-electron chi connectivity index (χ1n) is 7.29. The Morgan fingerprint density at radius 1 is 1.04 bits per heavy atom. The van der Waals surface area contributed by atoms with E-state index in [2.05, 4.69) is 10.3 Å². The lowest BCUT2D eigenvalue weighted by molar-refractivity contribution is -0.115. The molecule has 0 unspecified atom stereocenters. The molecule has 3 nitrogen and oxygen atoms in total. The van der Waals surface area contributed by atoms with E-state index < -0.39 is 0 Å². The predicted octanol–water partition coefficient (Wildman–Crippen LogP) is 4.52. The molecule has 1 aliphatic rings. The molecule has 1 heterocycles. The fraction of sp³-hybridized carbons (Fsp3) is 0.0526. The quantitative estimate of drug-likeness (QED) is 0.845. The SMILES string of the molecule is CC(=C\c1ccccc1)/C=C1/SC(=Nc2ccccc2)NC1=O. The Hall–Kier alpha value is -2.59. The molecule has 0 saturated carbocycles. The van der Waals surface area contributed by atoms with E-state index in [1.165, 1.54) is 11.8 Å². The lowest BCUT2D eigenvalue weighted by atomic mass is 10.1. The molecule has 1 N–H and O–H groups in total. The molecule has 23 heavy (non-hydrogen) atoms. The number of para-hydroxylation sites is 1. The number of rotatable bonds is 3. The van der Waals surface area contributed by atoms with Gasteiger partial charge < -0.3 is 5.32 Å². The summed E-state index contributed by atoms with van der Waals surface area (Å²) in [5.41, 5.74) is 2.96. The molecular weight excluding hydrogens is 304 g/mol. The molecule has 1 saturated heterocycles. The van der Waals surface area contributed by atoms with Gasteiger partial charge >= 0.3 is 0 Å². The van der Waals surface area contributed by atoms with Crippen molar-refractivity contribution in [3.63, 3.8) is 0 Å². The largest absolute Gasteiger partial charge is 0.300 e. The summed E-state index contributed by atoms with van der Waals surface area (Å²) in [6, 6.07) is 19.6. The number of aliphatic imine (C=N–C) groups is 1. The molecule has 2 aromatic rings. The van der Waals surface area contributed by atoms with Crippen LogP contribution >= 0.6 is 11.8 Å². The van der Waals surface area contributed by atoms with Gasteiger partial charge in [-0.05, 0) is 48.0 Å². The molecular formula is C19H16N2OS. The van der Waals surface area contributed by atoms with Crippen molar-refractivity contribution in [2.45, 2.75) is 6.92 Å². The molecule has 0 spiro atoms. The number of benzene rings is 2. The van der Waals surface area contributed by atoms with Crippen LogP contribution in [-0.2, 0) is 4.79 Å². The molecule has 1 aliphatic heterocycles. The van der Waals surface area contributed by atoms with Gasteiger partial charge in [0.2, 0.25) is 0 Å². The van der Waals surface area contributed by atoms with E-state index in [-0.39, 0.29) is 5.91 Å². The van der Waals surface area contributed by atoms with Gasteiger partial charge in [0.1, 0.15) is 0 Å². The number of carbonyl (C=O) groups is 1. The van der Waals surface area contributed by atoms with Crippen molar-refractivity contribution in [1.82, 2.24) is 5.32 Å². The number of carbonyl (C=O) groups excluding carboxylic acids is 1. The predicted molar refractivity (Wildman–Crippen MR) is 97.4 cm³/mol. The van der Waals surface area contributed by atoms with Gasteiger partial charge in [-0.2, -0.15) is 0 Å². The van der Waals surface area contributed by atoms with E-state index in [9.17, 15) is 4.79 Å². The number of amidine groups is 1. The molecule has 1 amide bonds. The number of amides is 1. The zero-order chi connectivity index (χ0) is 16.1. The maximum atomic E-state index is 12.1. The van der Waals surface area contributed by atoms with Gasteiger partial charge in [0.05, 0.1) is 10.6 Å². The summed E-state index contributed by atoms with van der Waals surface area (Å²) in [5, 5.41) is 3.41. The number of hydrogen-bond acceptors (Lipinski definition) is 3. The summed E-state index contributed by atoms with van der Waals surface area (Å²) in [7, 11) is 0. The standard InChI is InChI=1S/C19H16N2OS/c1-14(12-15-8-4-2-5-9-15)13-17-18(22)21-19(23-17)20-16-10-6-3-7-11-16/h2-13H,1H3,(H,20,21,22)/b14-12+,17-13+. The van der Waals surface area contributed by atoms with Gasteiger partial charge in [-0.1, -0.05) is 54.6 Å². The number of hydrogen-bond donors (Lipinski definition) is 1. The highest BCUT2D eigenvalue weighted by Crippen LogP contribution is 2.27. The fourth-order valence-corrected chi connectivity index (χ4v) is 3.05. The number of nitrogens with zero attached hydrogens (tertiary/aromatic N) is 1. The Kier molecular flexibility index (Phi) is 4.74. The number of thioether (sulfide) groups is 1. The summed E-state index contributed by atoms with van der Waals surface area (Å²) < 4.78 is 0. The fourth-order valence-electron chi connectivity index (χ4n) is 2.16. The summed E-state index contributed by atoms with van der Waals surface area (Å²) >= 11 is 1.36. The summed E-state index contributed by atoms with van der Waals surface area (Å²) in [6.45, 7) is 1.99. The van der Waals surface area contributed by atoms with Crippen LogP contribution in [0.3, 0.4) is 0 Å². The molecule has 0 aromatic heterocycles. The van der Waals surface area contributed by atoms with E-state index in [0.29, 0.717) is 10.1 Å². The molecule has 0 aliphatic carbocycles. The van der Waals surface area contributed by atoms with Crippen molar-refractivity contribution >= 4 is 34.6 Å². The zero-order valence-electron chi connectivity index (χ0n) is 12.7. The van der Waals surface area contributed by atoms with Crippen LogP contribution in [0.2, 0.25) is 0 Å². The van der Waals surface area contributed by atoms with Crippen LogP contribution in [0.25, 0.3) is 6.08 Å². The molecule has 2 aromatic carbocycles. The highest BCUT2D eigenvalue weighted by Gasteiger charge is 2.23. The second kappa shape index (κ2) is 7.11. The minimum absolute atomic E-state index is 0.106. The second-order valence-corrected chi connectivity index (χ2v) is 6.15. The first-order chi connectivity index (χ1) is 11.2. The smallest absolute Gasteiger partial charge is 0.264 e. The third-order valence-corrected chi connectivity index (χ3v) is 4.10. The van der Waals surface area contributed by atoms with Gasteiger partial charge in [0, 0.05) is 0 Å². The Morgan fingerprint density at radius 2 is 1.70 bits per heavy atom. The van der Waals surface area contributed by atoms with Crippen LogP contribution < -0.4 is 5.32 Å². The topological polar surface area (TPSA) is 41.5 Å². The summed E-state index contributed by atoms with van der Waals surface area (Å²) in [6.07, 6.45) is 3.94.